The summed E-state index contributed by atoms with van der Waals surface area (Å²) in [5, 5.41) is 6.39. The summed E-state index contributed by atoms with van der Waals surface area (Å²) in [7, 11) is 0. The van der Waals surface area contributed by atoms with Crippen molar-refractivity contribution < 1.29 is 18.0 Å². The summed E-state index contributed by atoms with van der Waals surface area (Å²) in [5.74, 6) is 0.731. The molecule has 29 heavy (non-hydrogen) atoms. The van der Waals surface area contributed by atoms with Crippen LogP contribution in [-0.2, 0) is 4.79 Å². The molecule has 0 aromatic carbocycles. The van der Waals surface area contributed by atoms with Crippen LogP contribution in [0.25, 0.3) is 10.6 Å². The lowest BCUT2D eigenvalue weighted by atomic mass is 10.1. The Bertz CT molecular complexity index is 864. The summed E-state index contributed by atoms with van der Waals surface area (Å²) in [6.07, 6.45) is -0.263. The Hall–Kier alpha value is -2.23. The highest BCUT2D eigenvalue weighted by Crippen LogP contribution is 2.37. The average molecular weight is 427 g/mol. The summed E-state index contributed by atoms with van der Waals surface area (Å²) in [6, 6.07) is 0.102. The smallest absolute Gasteiger partial charge is 0.367 e. The first kappa shape index (κ1) is 21.5. The Balaban J connectivity index is 1.92. The minimum atomic E-state index is -4.36. The van der Waals surface area contributed by atoms with Crippen LogP contribution >= 0.6 is 11.3 Å². The van der Waals surface area contributed by atoms with Gasteiger partial charge in [-0.1, -0.05) is 0 Å². The van der Waals surface area contributed by atoms with Crippen LogP contribution in [-0.4, -0.2) is 40.0 Å². The fourth-order valence-corrected chi connectivity index (χ4v) is 4.53. The molecule has 6 nitrogen and oxygen atoms in total. The molecular formula is C19H24F3N5OS. The van der Waals surface area contributed by atoms with Crippen LogP contribution in [0.15, 0.2) is 0 Å². The lowest BCUT2D eigenvalue weighted by Gasteiger charge is -2.18. The van der Waals surface area contributed by atoms with Crippen LogP contribution in [0.5, 0.6) is 0 Å². The number of alkyl halides is 3. The minimum absolute atomic E-state index is 0.0708. The van der Waals surface area contributed by atoms with Gasteiger partial charge in [-0.3, -0.25) is 0 Å². The van der Waals surface area contributed by atoms with Gasteiger partial charge in [0.15, 0.2) is 0 Å². The third kappa shape index (κ3) is 5.43. The number of hydrogen-bond donors (Lipinski definition) is 2. The molecule has 1 fully saturated rings. The van der Waals surface area contributed by atoms with Crippen molar-refractivity contribution >= 4 is 29.4 Å². The van der Waals surface area contributed by atoms with Gasteiger partial charge in [0, 0.05) is 17.3 Å². The molecule has 2 heterocycles. The number of carbonyl (C=O) groups is 1. The lowest BCUT2D eigenvalue weighted by molar-refractivity contribution is -0.115. The van der Waals surface area contributed by atoms with E-state index in [0.717, 1.165) is 41.1 Å². The minimum Gasteiger partial charge on any atom is -0.367 e. The largest absolute Gasteiger partial charge is 0.405 e. The van der Waals surface area contributed by atoms with Gasteiger partial charge in [0.05, 0.1) is 17.0 Å². The van der Waals surface area contributed by atoms with Crippen LogP contribution in [0, 0.1) is 26.7 Å². The van der Waals surface area contributed by atoms with Gasteiger partial charge in [-0.05, 0) is 46.0 Å². The van der Waals surface area contributed by atoms with Crippen molar-refractivity contribution in [1.82, 2.24) is 15.0 Å². The molecule has 0 aliphatic heterocycles. The molecule has 1 saturated carbocycles. The van der Waals surface area contributed by atoms with Crippen LogP contribution < -0.4 is 10.6 Å². The first-order valence-corrected chi connectivity index (χ1v) is 10.3. The van der Waals surface area contributed by atoms with Gasteiger partial charge in [0.1, 0.15) is 23.7 Å². The topological polar surface area (TPSA) is 79.8 Å². The summed E-state index contributed by atoms with van der Waals surface area (Å²) < 4.78 is 37.8. The number of hydrogen-bond acceptors (Lipinski definition) is 7. The molecule has 0 bridgehead atoms. The zero-order valence-corrected chi connectivity index (χ0v) is 17.4. The number of rotatable bonds is 7. The normalized spacial score (nSPS) is 19.4. The van der Waals surface area contributed by atoms with Crippen LogP contribution in [0.2, 0.25) is 0 Å². The quantitative estimate of drug-likeness (QED) is 0.625. The second-order valence-corrected chi connectivity index (χ2v) is 8.61. The summed E-state index contributed by atoms with van der Waals surface area (Å²) in [6.45, 7) is 4.43. The first-order valence-electron chi connectivity index (χ1n) is 9.50. The zero-order valence-electron chi connectivity index (χ0n) is 16.6. The SMILES string of the molecule is Cc1nc(-c2c(C)nc(NCC(F)(F)F)nc2NC2CCC(CC=O)C2)sc1C. The molecule has 1 aliphatic rings. The van der Waals surface area contributed by atoms with Crippen molar-refractivity contribution in [2.24, 2.45) is 5.92 Å². The van der Waals surface area contributed by atoms with E-state index in [9.17, 15) is 18.0 Å². The first-order chi connectivity index (χ1) is 13.7. The molecule has 2 N–H and O–H groups in total. The van der Waals surface area contributed by atoms with Crippen molar-refractivity contribution in [2.75, 3.05) is 17.2 Å². The molecular weight excluding hydrogens is 403 g/mol. The van der Waals surface area contributed by atoms with Gasteiger partial charge >= 0.3 is 6.18 Å². The third-order valence-corrected chi connectivity index (χ3v) is 6.18. The molecule has 10 heteroatoms. The lowest BCUT2D eigenvalue weighted by Crippen LogP contribution is -2.23. The fraction of sp³-hybridized carbons (Fsp3) is 0.579. The van der Waals surface area contributed by atoms with Crippen molar-refractivity contribution in [1.29, 1.82) is 0 Å². The van der Waals surface area contributed by atoms with Crippen molar-refractivity contribution in [3.05, 3.63) is 16.3 Å². The standard InChI is InChI=1S/C19H24F3N5OS/c1-10-12(3)29-17(24-10)15-11(2)25-18(23-9-19(20,21)22)27-16(15)26-14-5-4-13(8-14)6-7-28/h7,13-14H,4-6,8-9H2,1-3H3,(H2,23,25,26,27). The molecule has 0 saturated heterocycles. The molecule has 2 atom stereocenters. The predicted octanol–water partition coefficient (Wildman–Crippen LogP) is 4.67. The van der Waals surface area contributed by atoms with E-state index in [1.54, 1.807) is 6.92 Å². The molecule has 0 radical (unpaired) electrons. The molecule has 2 aromatic rings. The number of anilines is 2. The van der Waals surface area contributed by atoms with E-state index < -0.39 is 12.7 Å². The number of thiazole rings is 1. The summed E-state index contributed by atoms with van der Waals surface area (Å²) in [4.78, 5) is 25.0. The van der Waals surface area contributed by atoms with Crippen molar-refractivity contribution in [2.45, 2.75) is 58.7 Å². The Morgan fingerprint density at radius 2 is 1.90 bits per heavy atom. The molecule has 0 spiro atoms. The Morgan fingerprint density at radius 3 is 2.52 bits per heavy atom. The summed E-state index contributed by atoms with van der Waals surface area (Å²) >= 11 is 1.51. The highest BCUT2D eigenvalue weighted by atomic mass is 32.1. The van der Waals surface area contributed by atoms with E-state index in [-0.39, 0.29) is 12.0 Å². The Morgan fingerprint density at radius 1 is 1.14 bits per heavy atom. The highest BCUT2D eigenvalue weighted by molar-refractivity contribution is 7.15. The average Bonchev–Trinajstić information content (AvgIpc) is 3.19. The number of aldehydes is 1. The summed E-state index contributed by atoms with van der Waals surface area (Å²) in [5.41, 5.74) is 2.17. The van der Waals surface area contributed by atoms with E-state index in [1.807, 2.05) is 13.8 Å². The second kappa shape index (κ2) is 8.64. The maximum atomic E-state index is 12.6. The molecule has 0 amide bonds. The van der Waals surface area contributed by atoms with Crippen LogP contribution in [0.4, 0.5) is 24.9 Å². The zero-order chi connectivity index (χ0) is 21.2. The van der Waals surface area contributed by atoms with E-state index >= 15 is 0 Å². The van der Waals surface area contributed by atoms with Crippen LogP contribution in [0.1, 0.15) is 41.9 Å². The Labute approximate surface area is 171 Å². The van der Waals surface area contributed by atoms with E-state index in [2.05, 4.69) is 25.6 Å². The van der Waals surface area contributed by atoms with Gasteiger partial charge in [0.25, 0.3) is 0 Å². The monoisotopic (exact) mass is 427 g/mol. The molecule has 2 unspecified atom stereocenters. The molecule has 158 valence electrons. The maximum absolute atomic E-state index is 12.6. The van der Waals surface area contributed by atoms with Crippen molar-refractivity contribution in [3.63, 3.8) is 0 Å². The fourth-order valence-electron chi connectivity index (χ4n) is 3.52. The molecule has 3 rings (SSSR count). The molecule has 1 aliphatic carbocycles. The van der Waals surface area contributed by atoms with Crippen molar-refractivity contribution in [3.8, 4) is 10.6 Å². The van der Waals surface area contributed by atoms with Crippen LogP contribution in [0.3, 0.4) is 0 Å². The van der Waals surface area contributed by atoms with Gasteiger partial charge < -0.3 is 15.4 Å². The molecule has 2 aromatic heterocycles. The maximum Gasteiger partial charge on any atom is 0.405 e. The third-order valence-electron chi connectivity index (χ3n) is 5.09. The van der Waals surface area contributed by atoms with Gasteiger partial charge in [-0.25, -0.2) is 9.97 Å². The van der Waals surface area contributed by atoms with Gasteiger partial charge in [-0.2, -0.15) is 18.2 Å². The van der Waals surface area contributed by atoms with Gasteiger partial charge in [-0.15, -0.1) is 11.3 Å². The number of halogens is 3. The number of nitrogens with zero attached hydrogens (tertiary/aromatic N) is 3. The Kier molecular flexibility index (Phi) is 6.40. The van der Waals surface area contributed by atoms with E-state index in [4.69, 9.17) is 0 Å². The number of carbonyl (C=O) groups excluding carboxylic acids is 1. The predicted molar refractivity (Wildman–Crippen MR) is 107 cm³/mol. The highest BCUT2D eigenvalue weighted by Gasteiger charge is 2.29. The number of aromatic nitrogens is 3. The number of nitrogens with one attached hydrogen (secondary N) is 2. The number of aryl methyl sites for hydroxylation is 3. The van der Waals surface area contributed by atoms with Gasteiger partial charge in [0.2, 0.25) is 5.95 Å². The van der Waals surface area contributed by atoms with E-state index in [1.165, 1.54) is 11.3 Å². The second-order valence-electron chi connectivity index (χ2n) is 7.41. The van der Waals surface area contributed by atoms with E-state index in [0.29, 0.717) is 29.4 Å².